The number of hydrogen-bond donors (Lipinski definition) is 2. The number of amides is 1. The molecular weight excluding hydrogens is 356 g/mol. The van der Waals surface area contributed by atoms with Crippen molar-refractivity contribution >= 4 is 21.8 Å². The first-order valence-electron chi connectivity index (χ1n) is 7.79. The molecule has 0 atom stereocenters. The number of nitrogens with two attached hydrogens (primary N) is 1. The zero-order chi connectivity index (χ0) is 16.8. The minimum atomic E-state index is -0.0579. The minimum absolute atomic E-state index is 0.0579. The highest BCUT2D eigenvalue weighted by Gasteiger charge is 2.18. The van der Waals surface area contributed by atoms with Crippen LogP contribution in [0.1, 0.15) is 40.2 Å². The molecule has 0 aliphatic rings. The molecule has 5 nitrogen and oxygen atoms in total. The fourth-order valence-corrected chi connectivity index (χ4v) is 2.99. The molecule has 23 heavy (non-hydrogen) atoms. The lowest BCUT2D eigenvalue weighted by atomic mass is 10.1. The summed E-state index contributed by atoms with van der Waals surface area (Å²) in [6, 6.07) is 8.10. The van der Waals surface area contributed by atoms with Crippen molar-refractivity contribution in [1.29, 1.82) is 0 Å². The van der Waals surface area contributed by atoms with E-state index in [1.54, 1.807) is 0 Å². The van der Waals surface area contributed by atoms with Crippen LogP contribution in [-0.4, -0.2) is 28.8 Å². The SMILES string of the molecule is Cc1nn(Cc2cccc(Br)c2)c(C)c1C(=O)NCCCCN. The van der Waals surface area contributed by atoms with Gasteiger partial charge in [0, 0.05) is 16.7 Å². The summed E-state index contributed by atoms with van der Waals surface area (Å²) < 4.78 is 2.92. The fraction of sp³-hybridized carbons (Fsp3) is 0.412. The molecule has 1 aromatic carbocycles. The Morgan fingerprint density at radius 1 is 1.35 bits per heavy atom. The molecule has 1 amide bonds. The van der Waals surface area contributed by atoms with Crippen LogP contribution in [0.15, 0.2) is 28.7 Å². The lowest BCUT2D eigenvalue weighted by Gasteiger charge is -2.07. The van der Waals surface area contributed by atoms with Crippen LogP contribution < -0.4 is 11.1 Å². The smallest absolute Gasteiger partial charge is 0.255 e. The Bertz CT molecular complexity index is 681. The van der Waals surface area contributed by atoms with E-state index in [2.05, 4.69) is 32.4 Å². The summed E-state index contributed by atoms with van der Waals surface area (Å²) >= 11 is 3.48. The highest BCUT2D eigenvalue weighted by molar-refractivity contribution is 9.10. The summed E-state index contributed by atoms with van der Waals surface area (Å²) in [5, 5.41) is 7.47. The number of halogens is 1. The Morgan fingerprint density at radius 3 is 2.83 bits per heavy atom. The van der Waals surface area contributed by atoms with E-state index in [0.29, 0.717) is 25.2 Å². The molecule has 2 aromatic rings. The first-order chi connectivity index (χ1) is 11.0. The number of nitrogens with zero attached hydrogens (tertiary/aromatic N) is 2. The molecule has 6 heteroatoms. The molecule has 124 valence electrons. The molecule has 0 radical (unpaired) electrons. The van der Waals surface area contributed by atoms with Crippen molar-refractivity contribution in [1.82, 2.24) is 15.1 Å². The summed E-state index contributed by atoms with van der Waals surface area (Å²) in [6.45, 7) is 5.75. The van der Waals surface area contributed by atoms with Gasteiger partial charge in [0.05, 0.1) is 17.8 Å². The van der Waals surface area contributed by atoms with Gasteiger partial charge in [0.1, 0.15) is 0 Å². The normalized spacial score (nSPS) is 10.8. The topological polar surface area (TPSA) is 72.9 Å². The van der Waals surface area contributed by atoms with Crippen LogP contribution in [0.4, 0.5) is 0 Å². The third kappa shape index (κ3) is 4.65. The van der Waals surface area contributed by atoms with Crippen LogP contribution in [0.25, 0.3) is 0 Å². The molecular formula is C17H23BrN4O. The second kappa shape index (κ2) is 8.26. The Balaban J connectivity index is 2.11. The van der Waals surface area contributed by atoms with Gasteiger partial charge < -0.3 is 11.1 Å². The number of carbonyl (C=O) groups excluding carboxylic acids is 1. The molecule has 0 fully saturated rings. The van der Waals surface area contributed by atoms with Crippen LogP contribution in [0.2, 0.25) is 0 Å². The second-order valence-electron chi connectivity index (χ2n) is 5.59. The van der Waals surface area contributed by atoms with Crippen molar-refractivity contribution in [3.8, 4) is 0 Å². The Kier molecular flexibility index (Phi) is 6.36. The number of nitrogens with one attached hydrogen (secondary N) is 1. The van der Waals surface area contributed by atoms with Gasteiger partial charge in [0.15, 0.2) is 0 Å². The van der Waals surface area contributed by atoms with E-state index in [4.69, 9.17) is 5.73 Å². The number of aryl methyl sites for hydroxylation is 1. The van der Waals surface area contributed by atoms with Crippen molar-refractivity contribution in [3.63, 3.8) is 0 Å². The van der Waals surface area contributed by atoms with Gasteiger partial charge in [-0.1, -0.05) is 28.1 Å². The van der Waals surface area contributed by atoms with E-state index in [-0.39, 0.29) is 5.91 Å². The summed E-state index contributed by atoms with van der Waals surface area (Å²) in [5.41, 5.74) is 8.92. The third-order valence-corrected chi connectivity index (χ3v) is 4.24. The van der Waals surface area contributed by atoms with Gasteiger partial charge in [-0.25, -0.2) is 0 Å². The highest BCUT2D eigenvalue weighted by Crippen LogP contribution is 2.17. The first-order valence-corrected chi connectivity index (χ1v) is 8.59. The molecule has 0 unspecified atom stereocenters. The molecule has 0 saturated heterocycles. The van der Waals surface area contributed by atoms with E-state index >= 15 is 0 Å². The molecule has 1 heterocycles. The maximum atomic E-state index is 12.4. The van der Waals surface area contributed by atoms with Crippen molar-refractivity contribution in [2.45, 2.75) is 33.2 Å². The zero-order valence-electron chi connectivity index (χ0n) is 13.6. The number of hydrogen-bond acceptors (Lipinski definition) is 3. The number of unbranched alkanes of at least 4 members (excludes halogenated alkanes) is 1. The van der Waals surface area contributed by atoms with Gasteiger partial charge >= 0.3 is 0 Å². The lowest BCUT2D eigenvalue weighted by molar-refractivity contribution is 0.0951. The average molecular weight is 379 g/mol. The molecule has 2 rings (SSSR count). The van der Waals surface area contributed by atoms with Gasteiger partial charge in [-0.2, -0.15) is 5.10 Å². The van der Waals surface area contributed by atoms with Crippen LogP contribution in [0.3, 0.4) is 0 Å². The third-order valence-electron chi connectivity index (χ3n) is 3.75. The summed E-state index contributed by atoms with van der Waals surface area (Å²) in [4.78, 5) is 12.4. The fourth-order valence-electron chi connectivity index (χ4n) is 2.55. The van der Waals surface area contributed by atoms with E-state index in [1.807, 2.05) is 36.7 Å². The van der Waals surface area contributed by atoms with Crippen molar-refractivity contribution < 1.29 is 4.79 Å². The molecule has 0 spiro atoms. The quantitative estimate of drug-likeness (QED) is 0.727. The molecule has 0 aliphatic carbocycles. The highest BCUT2D eigenvalue weighted by atomic mass is 79.9. The zero-order valence-corrected chi connectivity index (χ0v) is 15.2. The minimum Gasteiger partial charge on any atom is -0.352 e. The van der Waals surface area contributed by atoms with Gasteiger partial charge in [0.2, 0.25) is 0 Å². The van der Waals surface area contributed by atoms with Gasteiger partial charge in [-0.05, 0) is 50.9 Å². The van der Waals surface area contributed by atoms with E-state index in [0.717, 1.165) is 34.3 Å². The Morgan fingerprint density at radius 2 is 2.13 bits per heavy atom. The lowest BCUT2D eigenvalue weighted by Crippen LogP contribution is -2.26. The predicted molar refractivity (Wildman–Crippen MR) is 95.6 cm³/mol. The number of carbonyl (C=O) groups is 1. The number of benzene rings is 1. The van der Waals surface area contributed by atoms with Crippen LogP contribution in [0.5, 0.6) is 0 Å². The van der Waals surface area contributed by atoms with Crippen molar-refractivity contribution in [2.75, 3.05) is 13.1 Å². The van der Waals surface area contributed by atoms with Gasteiger partial charge in [-0.15, -0.1) is 0 Å². The van der Waals surface area contributed by atoms with E-state index in [9.17, 15) is 4.79 Å². The standard InChI is InChI=1S/C17H23BrN4O/c1-12-16(17(23)20-9-4-3-8-19)13(2)22(21-12)11-14-6-5-7-15(18)10-14/h5-7,10H,3-4,8-9,11,19H2,1-2H3,(H,20,23). The van der Waals surface area contributed by atoms with Gasteiger partial charge in [0.25, 0.3) is 5.91 Å². The van der Waals surface area contributed by atoms with Crippen LogP contribution in [-0.2, 0) is 6.54 Å². The Labute approximate surface area is 145 Å². The van der Waals surface area contributed by atoms with Crippen molar-refractivity contribution in [3.05, 3.63) is 51.3 Å². The maximum absolute atomic E-state index is 12.4. The van der Waals surface area contributed by atoms with Crippen molar-refractivity contribution in [2.24, 2.45) is 5.73 Å². The van der Waals surface area contributed by atoms with Crippen LogP contribution in [0, 0.1) is 13.8 Å². The molecule has 1 aromatic heterocycles. The molecule has 3 N–H and O–H groups in total. The maximum Gasteiger partial charge on any atom is 0.255 e. The monoisotopic (exact) mass is 378 g/mol. The number of aromatic nitrogens is 2. The molecule has 0 saturated carbocycles. The Hall–Kier alpha value is -1.66. The van der Waals surface area contributed by atoms with E-state index < -0.39 is 0 Å². The van der Waals surface area contributed by atoms with E-state index in [1.165, 1.54) is 0 Å². The average Bonchev–Trinajstić information content (AvgIpc) is 2.78. The summed E-state index contributed by atoms with van der Waals surface area (Å²) in [7, 11) is 0. The summed E-state index contributed by atoms with van der Waals surface area (Å²) in [6.07, 6.45) is 1.81. The van der Waals surface area contributed by atoms with Crippen LogP contribution >= 0.6 is 15.9 Å². The number of rotatable bonds is 7. The molecule has 0 bridgehead atoms. The molecule has 0 aliphatic heterocycles. The van der Waals surface area contributed by atoms with Gasteiger partial charge in [-0.3, -0.25) is 9.48 Å². The predicted octanol–water partition coefficient (Wildman–Crippen LogP) is 2.78. The first kappa shape index (κ1) is 17.7. The summed E-state index contributed by atoms with van der Waals surface area (Å²) in [5.74, 6) is -0.0579. The second-order valence-corrected chi connectivity index (χ2v) is 6.50. The largest absolute Gasteiger partial charge is 0.352 e.